The van der Waals surface area contributed by atoms with Gasteiger partial charge in [-0.3, -0.25) is 4.90 Å². The van der Waals surface area contributed by atoms with Gasteiger partial charge in [0.25, 0.3) is 0 Å². The number of likely N-dealkylation sites (tertiary alicyclic amines) is 2. The molecule has 4 rings (SSSR count). The van der Waals surface area contributed by atoms with E-state index in [2.05, 4.69) is 15.3 Å². The Hall–Kier alpha value is -2.41. The Morgan fingerprint density at radius 3 is 2.59 bits per heavy atom. The normalized spacial score (nSPS) is 19.6. The smallest absolute Gasteiger partial charge is 0.317 e. The van der Waals surface area contributed by atoms with Gasteiger partial charge in [0.1, 0.15) is 5.82 Å². The highest BCUT2D eigenvalue weighted by Gasteiger charge is 2.35. The second-order valence-electron chi connectivity index (χ2n) is 7.52. The summed E-state index contributed by atoms with van der Waals surface area (Å²) in [4.78, 5) is 16.9. The first-order valence-electron chi connectivity index (χ1n) is 9.70. The predicted octanol–water partition coefficient (Wildman–Crippen LogP) is 2.95. The molecular weight excluding hydrogens is 345 g/mol. The average Bonchev–Trinajstić information content (AvgIpc) is 3.12. The second kappa shape index (κ2) is 7.68. The summed E-state index contributed by atoms with van der Waals surface area (Å²) >= 11 is 0. The van der Waals surface area contributed by atoms with E-state index in [0.717, 1.165) is 24.3 Å². The van der Waals surface area contributed by atoms with E-state index in [-0.39, 0.29) is 17.9 Å². The Bertz CT molecular complexity index is 778. The molecule has 3 heterocycles. The molecule has 6 nitrogen and oxygen atoms in total. The Labute approximate surface area is 158 Å². The van der Waals surface area contributed by atoms with Crippen molar-refractivity contribution in [2.45, 2.75) is 38.3 Å². The third kappa shape index (κ3) is 3.98. The van der Waals surface area contributed by atoms with Gasteiger partial charge < -0.3 is 10.2 Å². The van der Waals surface area contributed by atoms with E-state index < -0.39 is 0 Å². The van der Waals surface area contributed by atoms with Crippen LogP contribution in [-0.4, -0.2) is 57.8 Å². The molecule has 1 atom stereocenters. The molecule has 2 aliphatic rings. The second-order valence-corrected chi connectivity index (χ2v) is 7.52. The molecule has 0 saturated carbocycles. The number of benzene rings is 1. The number of rotatable bonds is 4. The zero-order valence-electron chi connectivity index (χ0n) is 15.6. The molecular formula is C20H26FN5O. The number of carbonyl (C=O) groups is 1. The van der Waals surface area contributed by atoms with Gasteiger partial charge in [-0.1, -0.05) is 6.42 Å². The van der Waals surface area contributed by atoms with Crippen molar-refractivity contribution in [2.24, 2.45) is 0 Å². The fourth-order valence-corrected chi connectivity index (χ4v) is 3.79. The van der Waals surface area contributed by atoms with Gasteiger partial charge in [0.05, 0.1) is 17.9 Å². The number of amides is 2. The highest BCUT2D eigenvalue weighted by molar-refractivity contribution is 5.75. The molecule has 2 saturated heterocycles. The van der Waals surface area contributed by atoms with Crippen molar-refractivity contribution in [2.75, 3.05) is 26.2 Å². The molecule has 27 heavy (non-hydrogen) atoms. The first-order valence-corrected chi connectivity index (χ1v) is 9.70. The lowest BCUT2D eigenvalue weighted by atomic mass is 10.0. The molecule has 0 aliphatic carbocycles. The van der Waals surface area contributed by atoms with Crippen LogP contribution in [0.2, 0.25) is 0 Å². The first kappa shape index (κ1) is 18.0. The summed E-state index contributed by atoms with van der Waals surface area (Å²) in [6.45, 7) is 5.91. The first-order chi connectivity index (χ1) is 13.1. The molecule has 2 aliphatic heterocycles. The molecule has 7 heteroatoms. The summed E-state index contributed by atoms with van der Waals surface area (Å²) in [5.74, 6) is -0.274. The van der Waals surface area contributed by atoms with E-state index in [9.17, 15) is 9.18 Å². The molecule has 2 fully saturated rings. The zero-order chi connectivity index (χ0) is 18.8. The van der Waals surface area contributed by atoms with E-state index >= 15 is 0 Å². The van der Waals surface area contributed by atoms with Crippen molar-refractivity contribution in [3.05, 3.63) is 48.0 Å². The standard InChI is InChI=1S/C20H26FN5O/c1-15(16-11-22-26(12-16)18-7-5-17(21)6-8-18)23-20(27)25-13-19(14-25)24-9-3-2-4-10-24/h5-8,11-12,15,19H,2-4,9-10,13-14H2,1H3,(H,23,27)/t15-/m1/s1. The lowest BCUT2D eigenvalue weighted by molar-refractivity contribution is 0.0444. The van der Waals surface area contributed by atoms with Crippen molar-refractivity contribution >= 4 is 6.03 Å². The minimum atomic E-state index is -0.274. The maximum atomic E-state index is 13.1. The lowest BCUT2D eigenvalue weighted by Gasteiger charge is -2.46. The summed E-state index contributed by atoms with van der Waals surface area (Å²) < 4.78 is 14.7. The Kier molecular flexibility index (Phi) is 5.11. The number of aromatic nitrogens is 2. The summed E-state index contributed by atoms with van der Waals surface area (Å²) in [5.41, 5.74) is 1.70. The van der Waals surface area contributed by atoms with Crippen molar-refractivity contribution < 1.29 is 9.18 Å². The molecule has 2 amide bonds. The van der Waals surface area contributed by atoms with E-state index in [1.165, 1.54) is 44.5 Å². The zero-order valence-corrected chi connectivity index (χ0v) is 15.6. The van der Waals surface area contributed by atoms with Crippen molar-refractivity contribution in [1.29, 1.82) is 0 Å². The van der Waals surface area contributed by atoms with Crippen LogP contribution in [0.3, 0.4) is 0 Å². The molecule has 0 unspecified atom stereocenters. The van der Waals surface area contributed by atoms with E-state index in [0.29, 0.717) is 6.04 Å². The molecule has 0 bridgehead atoms. The van der Waals surface area contributed by atoms with Crippen LogP contribution in [0.25, 0.3) is 5.69 Å². The molecule has 144 valence electrons. The monoisotopic (exact) mass is 371 g/mol. The quantitative estimate of drug-likeness (QED) is 0.899. The molecule has 1 N–H and O–H groups in total. The van der Waals surface area contributed by atoms with Gasteiger partial charge >= 0.3 is 6.03 Å². The maximum absolute atomic E-state index is 13.1. The number of hydrogen-bond acceptors (Lipinski definition) is 3. The highest BCUT2D eigenvalue weighted by atomic mass is 19.1. The van der Waals surface area contributed by atoms with Gasteiger partial charge in [0.15, 0.2) is 0 Å². The van der Waals surface area contributed by atoms with Crippen molar-refractivity contribution in [3.63, 3.8) is 0 Å². The van der Waals surface area contributed by atoms with Crippen molar-refractivity contribution in [3.8, 4) is 5.69 Å². The van der Waals surface area contributed by atoms with Crippen LogP contribution in [0.5, 0.6) is 0 Å². The third-order valence-electron chi connectivity index (χ3n) is 5.59. The number of piperidine rings is 1. The van der Waals surface area contributed by atoms with Crippen LogP contribution in [0.1, 0.15) is 37.8 Å². The molecule has 2 aromatic rings. The Morgan fingerprint density at radius 2 is 1.89 bits per heavy atom. The van der Waals surface area contributed by atoms with Crippen LogP contribution in [0.15, 0.2) is 36.7 Å². The van der Waals surface area contributed by atoms with Gasteiger partial charge in [-0.2, -0.15) is 5.10 Å². The Balaban J connectivity index is 1.30. The Morgan fingerprint density at radius 1 is 1.19 bits per heavy atom. The van der Waals surface area contributed by atoms with Crippen LogP contribution in [0, 0.1) is 5.82 Å². The van der Waals surface area contributed by atoms with E-state index in [4.69, 9.17) is 0 Å². The minimum absolute atomic E-state index is 0.0229. The minimum Gasteiger partial charge on any atom is -0.331 e. The number of halogens is 1. The fraction of sp³-hybridized carbons (Fsp3) is 0.500. The van der Waals surface area contributed by atoms with E-state index in [1.807, 2.05) is 18.0 Å². The van der Waals surface area contributed by atoms with Gasteiger partial charge in [-0.25, -0.2) is 13.9 Å². The van der Waals surface area contributed by atoms with Crippen LogP contribution < -0.4 is 5.32 Å². The predicted molar refractivity (Wildman–Crippen MR) is 101 cm³/mol. The third-order valence-corrected chi connectivity index (χ3v) is 5.59. The fourth-order valence-electron chi connectivity index (χ4n) is 3.79. The van der Waals surface area contributed by atoms with Crippen LogP contribution in [-0.2, 0) is 0 Å². The largest absolute Gasteiger partial charge is 0.331 e. The molecule has 1 aromatic heterocycles. The topological polar surface area (TPSA) is 53.4 Å². The molecule has 0 spiro atoms. The number of urea groups is 1. The summed E-state index contributed by atoms with van der Waals surface area (Å²) in [6.07, 6.45) is 7.48. The van der Waals surface area contributed by atoms with Gasteiger partial charge in [-0.15, -0.1) is 0 Å². The lowest BCUT2D eigenvalue weighted by Crippen LogP contribution is -2.63. The van der Waals surface area contributed by atoms with Crippen molar-refractivity contribution in [1.82, 2.24) is 24.9 Å². The molecule has 1 aromatic carbocycles. The van der Waals surface area contributed by atoms with E-state index in [1.54, 1.807) is 23.0 Å². The maximum Gasteiger partial charge on any atom is 0.317 e. The summed E-state index contributed by atoms with van der Waals surface area (Å²) in [6, 6.07) is 6.53. The number of carbonyl (C=O) groups excluding carboxylic acids is 1. The SMILES string of the molecule is C[C@@H](NC(=O)N1CC(N2CCCCC2)C1)c1cnn(-c2ccc(F)cc2)c1. The van der Waals surface area contributed by atoms with Crippen LogP contribution >= 0.6 is 0 Å². The highest BCUT2D eigenvalue weighted by Crippen LogP contribution is 2.21. The average molecular weight is 371 g/mol. The number of hydrogen-bond donors (Lipinski definition) is 1. The van der Waals surface area contributed by atoms with Gasteiger partial charge in [-0.05, 0) is 57.1 Å². The van der Waals surface area contributed by atoms with Gasteiger partial charge in [0, 0.05) is 30.9 Å². The number of nitrogens with zero attached hydrogens (tertiary/aromatic N) is 4. The van der Waals surface area contributed by atoms with Crippen LogP contribution in [0.4, 0.5) is 9.18 Å². The number of nitrogens with one attached hydrogen (secondary N) is 1. The molecule has 0 radical (unpaired) electrons. The van der Waals surface area contributed by atoms with Gasteiger partial charge in [0.2, 0.25) is 0 Å². The summed E-state index contributed by atoms with van der Waals surface area (Å²) in [5, 5.41) is 7.37. The summed E-state index contributed by atoms with van der Waals surface area (Å²) in [7, 11) is 0.